The van der Waals surface area contributed by atoms with E-state index in [9.17, 15) is 4.79 Å². The maximum absolute atomic E-state index is 12.7. The van der Waals surface area contributed by atoms with Crippen LogP contribution in [0.25, 0.3) is 0 Å². The smallest absolute Gasteiger partial charge is 0.166 e. The number of rotatable bonds is 6. The fraction of sp³-hybridized carbons (Fsp3) is 0.556. The zero-order valence-corrected chi connectivity index (χ0v) is 14.5. The third kappa shape index (κ3) is 3.56. The number of hydrogen-bond donors (Lipinski definition) is 0. The highest BCUT2D eigenvalue weighted by Gasteiger charge is 2.30. The number of carbonyl (C=O) groups is 1. The molecule has 25 heavy (non-hydrogen) atoms. The lowest BCUT2D eigenvalue weighted by molar-refractivity contribution is 0.0831. The van der Waals surface area contributed by atoms with E-state index in [0.29, 0.717) is 6.04 Å². The van der Waals surface area contributed by atoms with Gasteiger partial charge in [0.05, 0.1) is 19.7 Å². The molecule has 0 atom stereocenters. The average molecular weight is 341 g/mol. The molecule has 7 nitrogen and oxygen atoms in total. The second-order valence-electron chi connectivity index (χ2n) is 6.91. The molecule has 1 saturated carbocycles. The molecule has 2 aliphatic rings. The Morgan fingerprint density at radius 2 is 1.88 bits per heavy atom. The molecule has 4 rings (SSSR count). The topological polar surface area (TPSA) is 73.1 Å². The van der Waals surface area contributed by atoms with E-state index in [-0.39, 0.29) is 11.7 Å². The highest BCUT2D eigenvalue weighted by atomic mass is 16.5. The monoisotopic (exact) mass is 341 g/mol. The summed E-state index contributed by atoms with van der Waals surface area (Å²) < 4.78 is 7.12. The number of piperidine rings is 1. The van der Waals surface area contributed by atoms with Gasteiger partial charge in [0, 0.05) is 11.5 Å². The third-order valence-electron chi connectivity index (χ3n) is 5.15. The van der Waals surface area contributed by atoms with Gasteiger partial charge in [-0.05, 0) is 73.5 Å². The fourth-order valence-electron chi connectivity index (χ4n) is 3.46. The molecule has 132 valence electrons. The van der Waals surface area contributed by atoms with Crippen LogP contribution in [0.3, 0.4) is 0 Å². The van der Waals surface area contributed by atoms with Gasteiger partial charge < -0.3 is 4.74 Å². The quantitative estimate of drug-likeness (QED) is 0.749. The lowest BCUT2D eigenvalue weighted by atomic mass is 9.89. The molecule has 7 heteroatoms. The highest BCUT2D eigenvalue weighted by Crippen LogP contribution is 2.34. The van der Waals surface area contributed by atoms with Crippen molar-refractivity contribution in [1.29, 1.82) is 0 Å². The summed E-state index contributed by atoms with van der Waals surface area (Å²) in [6, 6.07) is 7.91. The molecule has 1 saturated heterocycles. The molecular formula is C18H23N5O2. The van der Waals surface area contributed by atoms with Crippen molar-refractivity contribution in [1.82, 2.24) is 25.1 Å². The molecule has 1 aliphatic carbocycles. The number of likely N-dealkylation sites (tertiary alicyclic amines) is 1. The van der Waals surface area contributed by atoms with E-state index in [4.69, 9.17) is 4.74 Å². The van der Waals surface area contributed by atoms with Gasteiger partial charge >= 0.3 is 0 Å². The average Bonchev–Trinajstić information content (AvgIpc) is 3.41. The molecule has 2 fully saturated rings. The van der Waals surface area contributed by atoms with Gasteiger partial charge in [-0.2, -0.15) is 0 Å². The van der Waals surface area contributed by atoms with Crippen LogP contribution in [0.1, 0.15) is 47.9 Å². The number of methoxy groups -OCH3 is 1. The summed E-state index contributed by atoms with van der Waals surface area (Å²) in [5, 5.41) is 12.1. The predicted molar refractivity (Wildman–Crippen MR) is 91.4 cm³/mol. The van der Waals surface area contributed by atoms with E-state index < -0.39 is 0 Å². The Morgan fingerprint density at radius 3 is 2.52 bits per heavy atom. The second-order valence-corrected chi connectivity index (χ2v) is 6.91. The summed E-state index contributed by atoms with van der Waals surface area (Å²) in [6.07, 6.45) is 4.12. The number of ketones is 1. The molecule has 1 aromatic heterocycles. The van der Waals surface area contributed by atoms with Gasteiger partial charge in [0.2, 0.25) is 0 Å². The van der Waals surface area contributed by atoms with Crippen molar-refractivity contribution in [3.05, 3.63) is 35.7 Å². The Balaban J connectivity index is 1.32. The van der Waals surface area contributed by atoms with Crippen molar-refractivity contribution < 1.29 is 9.53 Å². The van der Waals surface area contributed by atoms with Gasteiger partial charge in [0.15, 0.2) is 11.6 Å². The Kier molecular flexibility index (Phi) is 4.48. The van der Waals surface area contributed by atoms with E-state index in [1.807, 2.05) is 28.9 Å². The molecule has 0 N–H and O–H groups in total. The normalized spacial score (nSPS) is 19.1. The number of aromatic nitrogens is 4. The first-order valence-electron chi connectivity index (χ1n) is 8.92. The lowest BCUT2D eigenvalue weighted by Crippen LogP contribution is -2.36. The number of ether oxygens (including phenoxy) is 1. The predicted octanol–water partition coefficient (Wildman–Crippen LogP) is 2.11. The Bertz CT molecular complexity index is 730. The summed E-state index contributed by atoms with van der Waals surface area (Å²) >= 11 is 0. The Labute approximate surface area is 147 Å². The SMILES string of the molecule is COc1ccc(C(=O)C2CCN(Cc3nnnn3C3CC3)CC2)cc1. The van der Waals surface area contributed by atoms with Gasteiger partial charge in [0.25, 0.3) is 0 Å². The van der Waals surface area contributed by atoms with Crippen molar-refractivity contribution in [3.8, 4) is 5.75 Å². The van der Waals surface area contributed by atoms with Crippen molar-refractivity contribution >= 4 is 5.78 Å². The standard InChI is InChI=1S/C18H23N5O2/c1-25-16-6-2-13(3-7-16)18(24)14-8-10-22(11-9-14)12-17-19-20-21-23(17)15-4-5-15/h2-3,6-7,14-15H,4-5,8-12H2,1H3. The first kappa shape index (κ1) is 16.2. The number of tetrazole rings is 1. The minimum Gasteiger partial charge on any atom is -0.497 e. The molecule has 1 aliphatic heterocycles. The van der Waals surface area contributed by atoms with Crippen LogP contribution in [0.2, 0.25) is 0 Å². The number of nitrogens with zero attached hydrogens (tertiary/aromatic N) is 5. The summed E-state index contributed by atoms with van der Waals surface area (Å²) in [5.74, 6) is 2.07. The second kappa shape index (κ2) is 6.92. The maximum atomic E-state index is 12.7. The molecule has 0 spiro atoms. The Hall–Kier alpha value is -2.28. The van der Waals surface area contributed by atoms with Crippen LogP contribution in [0.15, 0.2) is 24.3 Å². The van der Waals surface area contributed by atoms with Crippen LogP contribution in [0, 0.1) is 5.92 Å². The Morgan fingerprint density at radius 1 is 1.16 bits per heavy atom. The zero-order chi connectivity index (χ0) is 17.2. The van der Waals surface area contributed by atoms with Crippen LogP contribution < -0.4 is 4.74 Å². The minimum atomic E-state index is 0.101. The van der Waals surface area contributed by atoms with E-state index in [2.05, 4.69) is 20.4 Å². The van der Waals surface area contributed by atoms with Gasteiger partial charge in [-0.3, -0.25) is 9.69 Å². The molecule has 0 radical (unpaired) electrons. The molecule has 0 bridgehead atoms. The number of benzene rings is 1. The number of carbonyl (C=O) groups excluding carboxylic acids is 1. The largest absolute Gasteiger partial charge is 0.497 e. The summed E-state index contributed by atoms with van der Waals surface area (Å²) in [4.78, 5) is 15.0. The van der Waals surface area contributed by atoms with Crippen molar-refractivity contribution in [2.75, 3.05) is 20.2 Å². The van der Waals surface area contributed by atoms with Crippen LogP contribution in [0.4, 0.5) is 0 Å². The molecular weight excluding hydrogens is 318 g/mol. The maximum Gasteiger partial charge on any atom is 0.166 e. The first-order chi connectivity index (χ1) is 12.2. The van der Waals surface area contributed by atoms with Crippen molar-refractivity contribution in [2.45, 2.75) is 38.3 Å². The summed E-state index contributed by atoms with van der Waals surface area (Å²) in [5.41, 5.74) is 0.775. The van der Waals surface area contributed by atoms with E-state index in [1.165, 1.54) is 12.8 Å². The van der Waals surface area contributed by atoms with E-state index >= 15 is 0 Å². The lowest BCUT2D eigenvalue weighted by Gasteiger charge is -2.30. The van der Waals surface area contributed by atoms with Crippen LogP contribution in [-0.4, -0.2) is 51.1 Å². The zero-order valence-electron chi connectivity index (χ0n) is 14.5. The molecule has 2 aromatic rings. The van der Waals surface area contributed by atoms with E-state index in [1.54, 1.807) is 7.11 Å². The summed E-state index contributed by atoms with van der Waals surface area (Å²) in [6.45, 7) is 2.58. The number of hydrogen-bond acceptors (Lipinski definition) is 6. The highest BCUT2D eigenvalue weighted by molar-refractivity contribution is 5.98. The molecule has 0 amide bonds. The first-order valence-corrected chi connectivity index (χ1v) is 8.92. The summed E-state index contributed by atoms with van der Waals surface area (Å²) in [7, 11) is 1.63. The van der Waals surface area contributed by atoms with Gasteiger partial charge in [-0.15, -0.1) is 5.10 Å². The third-order valence-corrected chi connectivity index (χ3v) is 5.15. The van der Waals surface area contributed by atoms with Crippen LogP contribution >= 0.6 is 0 Å². The van der Waals surface area contributed by atoms with Crippen molar-refractivity contribution in [2.24, 2.45) is 5.92 Å². The minimum absolute atomic E-state index is 0.101. The van der Waals surface area contributed by atoms with Gasteiger partial charge in [0.1, 0.15) is 5.75 Å². The van der Waals surface area contributed by atoms with Crippen molar-refractivity contribution in [3.63, 3.8) is 0 Å². The van der Waals surface area contributed by atoms with Gasteiger partial charge in [-0.1, -0.05) is 0 Å². The number of Topliss-reactive ketones (excluding diaryl/α,β-unsaturated/α-hetero) is 1. The molecule has 0 unspecified atom stereocenters. The molecule has 2 heterocycles. The van der Waals surface area contributed by atoms with E-state index in [0.717, 1.165) is 49.6 Å². The van der Waals surface area contributed by atoms with Crippen LogP contribution in [-0.2, 0) is 6.54 Å². The fourth-order valence-corrected chi connectivity index (χ4v) is 3.46. The van der Waals surface area contributed by atoms with Crippen LogP contribution in [0.5, 0.6) is 5.75 Å². The molecule has 1 aromatic carbocycles. The van der Waals surface area contributed by atoms with Gasteiger partial charge in [-0.25, -0.2) is 4.68 Å².